The van der Waals surface area contributed by atoms with Crippen LogP contribution in [0.4, 0.5) is 0 Å². The third-order valence-electron chi connectivity index (χ3n) is 3.99. The first-order valence-corrected chi connectivity index (χ1v) is 7.04. The van der Waals surface area contributed by atoms with Crippen molar-refractivity contribution in [1.82, 2.24) is 0 Å². The molecule has 0 unspecified atom stereocenters. The zero-order chi connectivity index (χ0) is 13.9. The number of hydrogen-bond donors (Lipinski definition) is 1. The maximum Gasteiger partial charge on any atom is 0.328 e. The van der Waals surface area contributed by atoms with Gasteiger partial charge in [0.1, 0.15) is 13.2 Å². The minimum absolute atomic E-state index is 0.483. The van der Waals surface area contributed by atoms with E-state index >= 15 is 0 Å². The van der Waals surface area contributed by atoms with Crippen molar-refractivity contribution in [2.24, 2.45) is 0 Å². The molecule has 4 nitrogen and oxygen atoms in total. The average Bonchev–Trinajstić information content (AvgIpc) is 2.47. The Morgan fingerprint density at radius 2 is 1.85 bits per heavy atom. The highest BCUT2D eigenvalue weighted by Gasteiger charge is 2.21. The highest BCUT2D eigenvalue weighted by Crippen LogP contribution is 2.39. The normalized spacial score (nSPS) is 21.4. The van der Waals surface area contributed by atoms with E-state index in [4.69, 9.17) is 14.6 Å². The fraction of sp³-hybridized carbons (Fsp3) is 0.438. The Labute approximate surface area is 118 Å². The molecule has 4 heteroatoms. The zero-order valence-electron chi connectivity index (χ0n) is 11.3. The number of carbonyl (C=O) groups is 1. The number of carboxylic acids is 1. The van der Waals surface area contributed by atoms with Crippen LogP contribution in [0.5, 0.6) is 11.5 Å². The van der Waals surface area contributed by atoms with E-state index in [9.17, 15) is 4.79 Å². The summed E-state index contributed by atoms with van der Waals surface area (Å²) in [5.74, 6) is 1.30. The Balaban J connectivity index is 1.70. The fourth-order valence-corrected chi connectivity index (χ4v) is 2.95. The van der Waals surface area contributed by atoms with Crippen molar-refractivity contribution in [1.29, 1.82) is 0 Å². The van der Waals surface area contributed by atoms with Crippen LogP contribution in [0.3, 0.4) is 0 Å². The van der Waals surface area contributed by atoms with E-state index in [0.29, 0.717) is 19.1 Å². The predicted molar refractivity (Wildman–Crippen MR) is 74.4 cm³/mol. The van der Waals surface area contributed by atoms with Gasteiger partial charge in [-0.1, -0.05) is 11.6 Å². The Morgan fingerprint density at radius 1 is 1.15 bits per heavy atom. The molecule has 0 radical (unpaired) electrons. The number of fused-ring (bicyclic) bond motifs is 1. The van der Waals surface area contributed by atoms with Crippen LogP contribution < -0.4 is 9.47 Å². The number of hydrogen-bond acceptors (Lipinski definition) is 3. The zero-order valence-corrected chi connectivity index (χ0v) is 11.3. The van der Waals surface area contributed by atoms with Gasteiger partial charge in [0.15, 0.2) is 11.5 Å². The summed E-state index contributed by atoms with van der Waals surface area (Å²) in [6.07, 6.45) is 5.09. The summed E-state index contributed by atoms with van der Waals surface area (Å²) in [6, 6.07) is 6.15. The van der Waals surface area contributed by atoms with Crippen LogP contribution >= 0.6 is 0 Å². The van der Waals surface area contributed by atoms with E-state index in [1.165, 1.54) is 11.6 Å². The van der Waals surface area contributed by atoms with Gasteiger partial charge >= 0.3 is 5.97 Å². The average molecular weight is 274 g/mol. The Hall–Kier alpha value is -1.97. The van der Waals surface area contributed by atoms with Crippen LogP contribution in [-0.2, 0) is 4.79 Å². The molecular weight excluding hydrogens is 256 g/mol. The quantitative estimate of drug-likeness (QED) is 0.842. The lowest BCUT2D eigenvalue weighted by molar-refractivity contribution is -0.131. The minimum Gasteiger partial charge on any atom is -0.486 e. The molecule has 1 fully saturated rings. The first kappa shape index (κ1) is 13.0. The summed E-state index contributed by atoms with van der Waals surface area (Å²) in [5, 5.41) is 8.77. The second-order valence-corrected chi connectivity index (χ2v) is 5.32. The lowest BCUT2D eigenvalue weighted by atomic mass is 9.81. The second kappa shape index (κ2) is 5.57. The first-order chi connectivity index (χ1) is 9.72. The van der Waals surface area contributed by atoms with Crippen molar-refractivity contribution in [3.63, 3.8) is 0 Å². The fourth-order valence-electron chi connectivity index (χ4n) is 2.95. The molecule has 2 aliphatic rings. The standard InChI is InChI=1S/C16H18O4/c17-16(18)9-11-1-3-12(4-2-11)13-5-6-14-15(10-13)20-8-7-19-14/h5-6,9-10,12H,1-4,7-8H2,(H,17,18). The van der Waals surface area contributed by atoms with Crippen LogP contribution in [0.25, 0.3) is 0 Å². The predicted octanol–water partition coefficient (Wildman–Crippen LogP) is 3.13. The maximum atomic E-state index is 10.7. The van der Waals surface area contributed by atoms with Gasteiger partial charge in [-0.15, -0.1) is 0 Å². The molecule has 106 valence electrons. The Morgan fingerprint density at radius 3 is 2.55 bits per heavy atom. The molecule has 0 atom stereocenters. The molecular formula is C16H18O4. The van der Waals surface area contributed by atoms with Gasteiger partial charge in [-0.05, 0) is 49.3 Å². The molecule has 1 saturated carbocycles. The minimum atomic E-state index is -0.835. The van der Waals surface area contributed by atoms with Crippen molar-refractivity contribution in [3.8, 4) is 11.5 Å². The summed E-state index contributed by atoms with van der Waals surface area (Å²) in [4.78, 5) is 10.7. The van der Waals surface area contributed by atoms with Gasteiger partial charge < -0.3 is 14.6 Å². The van der Waals surface area contributed by atoms with Gasteiger partial charge in [0.05, 0.1) is 0 Å². The monoisotopic (exact) mass is 274 g/mol. The van der Waals surface area contributed by atoms with Crippen LogP contribution in [0, 0.1) is 0 Å². The third kappa shape index (κ3) is 2.79. The summed E-state index contributed by atoms with van der Waals surface area (Å²) >= 11 is 0. The van der Waals surface area contributed by atoms with Crippen molar-refractivity contribution >= 4 is 5.97 Å². The summed E-state index contributed by atoms with van der Waals surface area (Å²) in [7, 11) is 0. The molecule has 0 saturated heterocycles. The van der Waals surface area contributed by atoms with Gasteiger partial charge in [-0.3, -0.25) is 0 Å². The Kier molecular flexibility index (Phi) is 3.63. The number of carboxylic acid groups (broad SMARTS) is 1. The molecule has 1 N–H and O–H groups in total. The molecule has 1 aromatic carbocycles. The van der Waals surface area contributed by atoms with E-state index in [2.05, 4.69) is 12.1 Å². The number of rotatable bonds is 2. The van der Waals surface area contributed by atoms with Crippen molar-refractivity contribution in [3.05, 3.63) is 35.4 Å². The van der Waals surface area contributed by atoms with Gasteiger partial charge in [-0.25, -0.2) is 4.79 Å². The topological polar surface area (TPSA) is 55.8 Å². The van der Waals surface area contributed by atoms with Gasteiger partial charge in [0.25, 0.3) is 0 Å². The van der Waals surface area contributed by atoms with Crippen molar-refractivity contribution in [2.45, 2.75) is 31.6 Å². The molecule has 1 heterocycles. The molecule has 1 aromatic rings. The Bertz CT molecular complexity index is 537. The number of ether oxygens (including phenoxy) is 2. The lowest BCUT2D eigenvalue weighted by Gasteiger charge is -2.26. The molecule has 1 aliphatic heterocycles. The number of aliphatic carboxylic acids is 1. The van der Waals surface area contributed by atoms with E-state index in [1.54, 1.807) is 0 Å². The molecule has 0 bridgehead atoms. The summed E-state index contributed by atoms with van der Waals surface area (Å²) in [5.41, 5.74) is 2.31. The third-order valence-corrected chi connectivity index (χ3v) is 3.99. The van der Waals surface area contributed by atoms with Crippen LogP contribution in [-0.4, -0.2) is 24.3 Å². The lowest BCUT2D eigenvalue weighted by Crippen LogP contribution is -2.16. The first-order valence-electron chi connectivity index (χ1n) is 7.04. The second-order valence-electron chi connectivity index (χ2n) is 5.32. The molecule has 0 spiro atoms. The maximum absolute atomic E-state index is 10.7. The molecule has 3 rings (SSSR count). The number of benzene rings is 1. The molecule has 0 aromatic heterocycles. The van der Waals surface area contributed by atoms with Crippen molar-refractivity contribution in [2.75, 3.05) is 13.2 Å². The SMILES string of the molecule is O=C(O)C=C1CCC(c2ccc3c(c2)OCCO3)CC1. The molecule has 0 amide bonds. The summed E-state index contributed by atoms with van der Waals surface area (Å²) < 4.78 is 11.1. The highest BCUT2D eigenvalue weighted by molar-refractivity contribution is 5.80. The van der Waals surface area contributed by atoms with Crippen molar-refractivity contribution < 1.29 is 19.4 Å². The van der Waals surface area contributed by atoms with E-state index in [1.807, 2.05) is 6.07 Å². The summed E-state index contributed by atoms with van der Waals surface area (Å²) in [6.45, 7) is 1.21. The van der Waals surface area contributed by atoms with E-state index in [-0.39, 0.29) is 0 Å². The van der Waals surface area contributed by atoms with Crippen LogP contribution in [0.1, 0.15) is 37.2 Å². The van der Waals surface area contributed by atoms with E-state index < -0.39 is 5.97 Å². The van der Waals surface area contributed by atoms with Crippen LogP contribution in [0.2, 0.25) is 0 Å². The van der Waals surface area contributed by atoms with Gasteiger partial charge in [0.2, 0.25) is 0 Å². The largest absolute Gasteiger partial charge is 0.486 e. The molecule has 20 heavy (non-hydrogen) atoms. The smallest absolute Gasteiger partial charge is 0.328 e. The van der Waals surface area contributed by atoms with Gasteiger partial charge in [-0.2, -0.15) is 0 Å². The van der Waals surface area contributed by atoms with Gasteiger partial charge in [0, 0.05) is 6.08 Å². The van der Waals surface area contributed by atoms with E-state index in [0.717, 1.165) is 42.8 Å². The van der Waals surface area contributed by atoms with Crippen LogP contribution in [0.15, 0.2) is 29.8 Å². The molecule has 1 aliphatic carbocycles. The number of allylic oxidation sites excluding steroid dienone is 1. The highest BCUT2D eigenvalue weighted by atomic mass is 16.6.